The zero-order valence-electron chi connectivity index (χ0n) is 7.85. The summed E-state index contributed by atoms with van der Waals surface area (Å²) in [6.45, 7) is -3.07. The molecule has 0 aliphatic carbocycles. The lowest BCUT2D eigenvalue weighted by Gasteiger charge is -2.07. The Labute approximate surface area is 88.3 Å². The van der Waals surface area contributed by atoms with Gasteiger partial charge in [-0.05, 0) is 12.1 Å². The van der Waals surface area contributed by atoms with Crippen LogP contribution in [0.4, 0.5) is 13.2 Å². The first-order chi connectivity index (χ1) is 7.66. The standard InChI is InChI=1S/C9H6F3N3O/c10-7-2-1-6(15-4-3-13-14-15)5-8(7)16-9(11)12/h1-5,9H. The highest BCUT2D eigenvalue weighted by atomic mass is 19.3. The Hall–Kier alpha value is -2.05. The maximum Gasteiger partial charge on any atom is 0.387 e. The Kier molecular flexibility index (Phi) is 2.76. The first-order valence-corrected chi connectivity index (χ1v) is 4.28. The Morgan fingerprint density at radius 1 is 1.31 bits per heavy atom. The number of halogens is 3. The Morgan fingerprint density at radius 2 is 2.12 bits per heavy atom. The summed E-state index contributed by atoms with van der Waals surface area (Å²) in [5, 5.41) is 7.18. The topological polar surface area (TPSA) is 39.9 Å². The van der Waals surface area contributed by atoms with Gasteiger partial charge in [0.2, 0.25) is 0 Å². The lowest BCUT2D eigenvalue weighted by Crippen LogP contribution is -2.05. The molecule has 0 saturated heterocycles. The van der Waals surface area contributed by atoms with Crippen molar-refractivity contribution in [3.63, 3.8) is 0 Å². The maximum absolute atomic E-state index is 13.1. The Balaban J connectivity index is 2.36. The van der Waals surface area contributed by atoms with Crippen LogP contribution in [-0.4, -0.2) is 21.6 Å². The Bertz CT molecular complexity index is 473. The number of nitrogens with zero attached hydrogens (tertiary/aromatic N) is 3. The van der Waals surface area contributed by atoms with Gasteiger partial charge in [0.15, 0.2) is 11.6 Å². The van der Waals surface area contributed by atoms with Crippen LogP contribution in [0.1, 0.15) is 0 Å². The molecule has 0 bridgehead atoms. The second kappa shape index (κ2) is 4.21. The second-order valence-electron chi connectivity index (χ2n) is 2.84. The summed E-state index contributed by atoms with van der Waals surface area (Å²) in [7, 11) is 0. The molecule has 0 amide bonds. The molecule has 1 aromatic carbocycles. The average molecular weight is 229 g/mol. The summed E-state index contributed by atoms with van der Waals surface area (Å²) in [6.07, 6.45) is 2.91. The van der Waals surface area contributed by atoms with Crippen LogP contribution in [0.15, 0.2) is 30.6 Å². The van der Waals surface area contributed by atoms with Gasteiger partial charge in [0.05, 0.1) is 18.1 Å². The molecular weight excluding hydrogens is 223 g/mol. The normalized spacial score (nSPS) is 10.8. The Morgan fingerprint density at radius 3 is 2.75 bits per heavy atom. The van der Waals surface area contributed by atoms with Gasteiger partial charge in [-0.2, -0.15) is 8.78 Å². The second-order valence-corrected chi connectivity index (χ2v) is 2.84. The van der Waals surface area contributed by atoms with E-state index in [0.29, 0.717) is 5.69 Å². The van der Waals surface area contributed by atoms with Crippen LogP contribution in [0.25, 0.3) is 5.69 Å². The van der Waals surface area contributed by atoms with Crippen LogP contribution in [0.5, 0.6) is 5.75 Å². The van der Waals surface area contributed by atoms with Crippen molar-refractivity contribution in [2.24, 2.45) is 0 Å². The molecule has 0 aliphatic heterocycles. The SMILES string of the molecule is Fc1ccc(-n2ccnn2)cc1OC(F)F. The number of rotatable bonds is 3. The zero-order chi connectivity index (χ0) is 11.5. The molecule has 7 heteroatoms. The third-order valence-corrected chi connectivity index (χ3v) is 1.82. The summed E-state index contributed by atoms with van der Waals surface area (Å²) in [5.74, 6) is -1.38. The third-order valence-electron chi connectivity index (χ3n) is 1.82. The quantitative estimate of drug-likeness (QED) is 0.808. The van der Waals surface area contributed by atoms with Gasteiger partial charge in [0.1, 0.15) is 0 Å². The summed E-state index contributed by atoms with van der Waals surface area (Å²) < 4.78 is 42.3. The van der Waals surface area contributed by atoms with E-state index in [1.807, 2.05) is 0 Å². The van der Waals surface area contributed by atoms with Gasteiger partial charge in [0.25, 0.3) is 0 Å². The molecule has 0 spiro atoms. The fourth-order valence-electron chi connectivity index (χ4n) is 1.17. The summed E-state index contributed by atoms with van der Waals surface area (Å²) in [5.41, 5.74) is 0.384. The fraction of sp³-hybridized carbons (Fsp3) is 0.111. The van der Waals surface area contributed by atoms with E-state index in [1.54, 1.807) is 0 Å². The lowest BCUT2D eigenvalue weighted by atomic mass is 10.3. The van der Waals surface area contributed by atoms with Crippen LogP contribution in [-0.2, 0) is 0 Å². The first kappa shape index (κ1) is 10.5. The van der Waals surface area contributed by atoms with Crippen molar-refractivity contribution in [1.82, 2.24) is 15.0 Å². The minimum Gasteiger partial charge on any atom is -0.432 e. The van der Waals surface area contributed by atoms with Gasteiger partial charge >= 0.3 is 6.61 Å². The van der Waals surface area contributed by atoms with Crippen molar-refractivity contribution in [1.29, 1.82) is 0 Å². The molecule has 0 unspecified atom stereocenters. The minimum atomic E-state index is -3.07. The number of hydrogen-bond acceptors (Lipinski definition) is 3. The predicted octanol–water partition coefficient (Wildman–Crippen LogP) is 2.01. The van der Waals surface area contributed by atoms with Gasteiger partial charge in [-0.15, -0.1) is 5.10 Å². The number of benzene rings is 1. The van der Waals surface area contributed by atoms with Crippen molar-refractivity contribution in [2.75, 3.05) is 0 Å². The van der Waals surface area contributed by atoms with E-state index in [2.05, 4.69) is 15.0 Å². The monoisotopic (exact) mass is 229 g/mol. The minimum absolute atomic E-state index is 0.384. The molecule has 1 heterocycles. The number of ether oxygens (including phenoxy) is 1. The number of alkyl halides is 2. The number of aromatic nitrogens is 3. The summed E-state index contributed by atoms with van der Waals surface area (Å²) in [4.78, 5) is 0. The molecule has 84 valence electrons. The fourth-order valence-corrected chi connectivity index (χ4v) is 1.17. The van der Waals surface area contributed by atoms with Crippen LogP contribution in [0.2, 0.25) is 0 Å². The molecule has 0 N–H and O–H groups in total. The van der Waals surface area contributed by atoms with Crippen LogP contribution in [0.3, 0.4) is 0 Å². The predicted molar refractivity (Wildman–Crippen MR) is 47.9 cm³/mol. The molecule has 0 fully saturated rings. The van der Waals surface area contributed by atoms with Gasteiger partial charge in [-0.1, -0.05) is 5.21 Å². The maximum atomic E-state index is 13.1. The third kappa shape index (κ3) is 2.13. The van der Waals surface area contributed by atoms with E-state index >= 15 is 0 Å². The lowest BCUT2D eigenvalue weighted by molar-refractivity contribution is -0.0521. The molecule has 0 atom stereocenters. The van der Waals surface area contributed by atoms with Crippen molar-refractivity contribution >= 4 is 0 Å². The van der Waals surface area contributed by atoms with E-state index in [-0.39, 0.29) is 0 Å². The van der Waals surface area contributed by atoms with Crippen molar-refractivity contribution in [3.05, 3.63) is 36.4 Å². The molecular formula is C9H6F3N3O. The van der Waals surface area contributed by atoms with E-state index in [1.165, 1.54) is 23.1 Å². The highest BCUT2D eigenvalue weighted by Crippen LogP contribution is 2.22. The van der Waals surface area contributed by atoms with E-state index in [4.69, 9.17) is 0 Å². The van der Waals surface area contributed by atoms with Gasteiger partial charge in [0, 0.05) is 6.07 Å². The largest absolute Gasteiger partial charge is 0.432 e. The average Bonchev–Trinajstić information content (AvgIpc) is 2.73. The molecule has 2 aromatic rings. The molecule has 2 rings (SSSR count). The van der Waals surface area contributed by atoms with Crippen LogP contribution < -0.4 is 4.74 Å². The smallest absolute Gasteiger partial charge is 0.387 e. The van der Waals surface area contributed by atoms with E-state index < -0.39 is 18.2 Å². The molecule has 16 heavy (non-hydrogen) atoms. The van der Waals surface area contributed by atoms with Gasteiger partial charge in [-0.3, -0.25) is 0 Å². The van der Waals surface area contributed by atoms with E-state index in [9.17, 15) is 13.2 Å². The van der Waals surface area contributed by atoms with E-state index in [0.717, 1.165) is 12.1 Å². The summed E-state index contributed by atoms with van der Waals surface area (Å²) in [6, 6.07) is 3.52. The number of hydrogen-bond donors (Lipinski definition) is 0. The summed E-state index contributed by atoms with van der Waals surface area (Å²) >= 11 is 0. The molecule has 0 saturated carbocycles. The van der Waals surface area contributed by atoms with Gasteiger partial charge < -0.3 is 4.74 Å². The highest BCUT2D eigenvalue weighted by Gasteiger charge is 2.11. The van der Waals surface area contributed by atoms with Gasteiger partial charge in [-0.25, -0.2) is 9.07 Å². The van der Waals surface area contributed by atoms with Crippen LogP contribution in [0, 0.1) is 5.82 Å². The molecule has 0 aliphatic rings. The molecule has 1 aromatic heterocycles. The van der Waals surface area contributed by atoms with Crippen molar-refractivity contribution in [2.45, 2.75) is 6.61 Å². The highest BCUT2D eigenvalue weighted by molar-refractivity contribution is 5.39. The first-order valence-electron chi connectivity index (χ1n) is 4.28. The molecule has 0 radical (unpaired) electrons. The van der Waals surface area contributed by atoms with Crippen LogP contribution >= 0.6 is 0 Å². The molecule has 4 nitrogen and oxygen atoms in total. The van der Waals surface area contributed by atoms with Crippen molar-refractivity contribution < 1.29 is 17.9 Å². The zero-order valence-corrected chi connectivity index (χ0v) is 7.85. The van der Waals surface area contributed by atoms with Crippen molar-refractivity contribution in [3.8, 4) is 11.4 Å².